The molecule has 1 aromatic rings. The number of hydrogen-bond donors (Lipinski definition) is 3. The minimum absolute atomic E-state index is 0.0354. The molecule has 9 nitrogen and oxygen atoms in total. The van der Waals surface area contributed by atoms with Crippen LogP contribution in [0.15, 0.2) is 41.8 Å². The molecule has 1 rings (SSSR count). The lowest BCUT2D eigenvalue weighted by molar-refractivity contribution is -0.127. The molecule has 3 amide bonds. The number of carbonyl (C=O) groups excluding carboxylic acids is 3. The van der Waals surface area contributed by atoms with Gasteiger partial charge in [0.1, 0.15) is 0 Å². The summed E-state index contributed by atoms with van der Waals surface area (Å²) in [5.41, 5.74) is -0.0546. The van der Waals surface area contributed by atoms with Crippen LogP contribution >= 0.6 is 0 Å². The fraction of sp³-hybridized carbons (Fsp3) is 0.267. The van der Waals surface area contributed by atoms with Crippen molar-refractivity contribution in [1.82, 2.24) is 15.4 Å². The minimum Gasteiger partial charge on any atom is -0.449 e. The molecule has 25 heavy (non-hydrogen) atoms. The first-order valence-electron chi connectivity index (χ1n) is 7.15. The second-order valence-electron chi connectivity index (χ2n) is 4.78. The molecule has 0 heterocycles. The van der Waals surface area contributed by atoms with Gasteiger partial charge in [-0.05, 0) is 25.1 Å². The van der Waals surface area contributed by atoms with Crippen molar-refractivity contribution in [2.24, 2.45) is 0 Å². The third-order valence-electron chi connectivity index (χ3n) is 2.91. The standard InChI is InChI=1S/C15H19N3O6S/c1-4-8-17-25(22,23)12-7-5-6-11(9-12)14(20)24-10(2)13(19)18-15(21)16-3/h4-7,9-10,17H,1,8H2,2-3H3,(H2,16,18,19,21)/t10-/m1/s1. The molecule has 1 atom stereocenters. The first-order chi connectivity index (χ1) is 11.7. The van der Waals surface area contributed by atoms with Crippen molar-refractivity contribution in [3.8, 4) is 0 Å². The van der Waals surface area contributed by atoms with E-state index in [4.69, 9.17) is 4.74 Å². The van der Waals surface area contributed by atoms with Crippen molar-refractivity contribution in [1.29, 1.82) is 0 Å². The number of sulfonamides is 1. The first kappa shape index (κ1) is 20.3. The third kappa shape index (κ3) is 6.01. The van der Waals surface area contributed by atoms with Crippen molar-refractivity contribution in [2.75, 3.05) is 13.6 Å². The zero-order valence-corrected chi connectivity index (χ0v) is 14.6. The van der Waals surface area contributed by atoms with Crippen molar-refractivity contribution >= 4 is 27.9 Å². The molecule has 10 heteroatoms. The van der Waals surface area contributed by atoms with E-state index in [2.05, 4.69) is 16.6 Å². The lowest BCUT2D eigenvalue weighted by atomic mass is 10.2. The zero-order valence-electron chi connectivity index (χ0n) is 13.7. The molecule has 0 aromatic heterocycles. The Kier molecular flexibility index (Phi) is 7.27. The minimum atomic E-state index is -3.80. The van der Waals surface area contributed by atoms with E-state index in [1.165, 1.54) is 38.2 Å². The van der Waals surface area contributed by atoms with Gasteiger partial charge in [-0.3, -0.25) is 10.1 Å². The van der Waals surface area contributed by atoms with Crippen LogP contribution < -0.4 is 15.4 Å². The lowest BCUT2D eigenvalue weighted by Crippen LogP contribution is -2.43. The summed E-state index contributed by atoms with van der Waals surface area (Å²) in [6, 6.07) is 4.41. The number of ether oxygens (including phenoxy) is 1. The van der Waals surface area contributed by atoms with Gasteiger partial charge in [0.2, 0.25) is 10.0 Å². The van der Waals surface area contributed by atoms with E-state index in [1.807, 2.05) is 5.32 Å². The normalized spacial score (nSPS) is 11.9. The molecule has 1 aromatic carbocycles. The van der Waals surface area contributed by atoms with E-state index in [-0.39, 0.29) is 17.0 Å². The third-order valence-corrected chi connectivity index (χ3v) is 4.34. The van der Waals surface area contributed by atoms with Gasteiger partial charge in [0.15, 0.2) is 6.10 Å². The highest BCUT2D eigenvalue weighted by molar-refractivity contribution is 7.89. The summed E-state index contributed by atoms with van der Waals surface area (Å²) in [7, 11) is -2.48. The SMILES string of the molecule is C=CCNS(=O)(=O)c1cccc(C(=O)O[C@H](C)C(=O)NC(=O)NC)c1. The molecule has 0 bridgehead atoms. The fourth-order valence-electron chi connectivity index (χ4n) is 1.60. The highest BCUT2D eigenvalue weighted by Gasteiger charge is 2.22. The Morgan fingerprint density at radius 1 is 1.32 bits per heavy atom. The second-order valence-corrected chi connectivity index (χ2v) is 6.55. The summed E-state index contributed by atoms with van der Waals surface area (Å²) in [4.78, 5) is 34.7. The lowest BCUT2D eigenvalue weighted by Gasteiger charge is -2.13. The number of imide groups is 1. The Morgan fingerprint density at radius 3 is 2.60 bits per heavy atom. The molecule has 0 saturated carbocycles. The van der Waals surface area contributed by atoms with E-state index >= 15 is 0 Å². The largest absolute Gasteiger partial charge is 0.449 e. The number of hydrogen-bond acceptors (Lipinski definition) is 6. The Labute approximate surface area is 145 Å². The molecular formula is C15H19N3O6S. The number of nitrogens with one attached hydrogen (secondary N) is 3. The first-order valence-corrected chi connectivity index (χ1v) is 8.63. The maximum Gasteiger partial charge on any atom is 0.338 e. The van der Waals surface area contributed by atoms with Crippen LogP contribution in [0.5, 0.6) is 0 Å². The van der Waals surface area contributed by atoms with Crippen LogP contribution in [0.1, 0.15) is 17.3 Å². The van der Waals surface area contributed by atoms with Gasteiger partial charge in [-0.15, -0.1) is 6.58 Å². The van der Waals surface area contributed by atoms with E-state index in [0.717, 1.165) is 6.07 Å². The summed E-state index contributed by atoms with van der Waals surface area (Å²) >= 11 is 0. The number of benzene rings is 1. The second kappa shape index (κ2) is 8.94. The summed E-state index contributed by atoms with van der Waals surface area (Å²) in [6.45, 7) is 4.73. The number of carbonyl (C=O) groups is 3. The van der Waals surface area contributed by atoms with E-state index < -0.39 is 34.0 Å². The highest BCUT2D eigenvalue weighted by atomic mass is 32.2. The van der Waals surface area contributed by atoms with Crippen molar-refractivity contribution in [3.05, 3.63) is 42.5 Å². The number of esters is 1. The molecule has 0 unspecified atom stereocenters. The number of amides is 3. The molecule has 3 N–H and O–H groups in total. The van der Waals surface area contributed by atoms with Gasteiger partial charge in [0.25, 0.3) is 5.91 Å². The molecule has 0 spiro atoms. The van der Waals surface area contributed by atoms with Crippen LogP contribution in [-0.2, 0) is 19.6 Å². The van der Waals surface area contributed by atoms with E-state index in [0.29, 0.717) is 0 Å². The topological polar surface area (TPSA) is 131 Å². The van der Waals surface area contributed by atoms with E-state index in [9.17, 15) is 22.8 Å². The average molecular weight is 369 g/mol. The maximum absolute atomic E-state index is 12.1. The van der Waals surface area contributed by atoms with Crippen molar-refractivity contribution < 1.29 is 27.5 Å². The van der Waals surface area contributed by atoms with Gasteiger partial charge in [-0.25, -0.2) is 22.7 Å². The molecular weight excluding hydrogens is 350 g/mol. The highest BCUT2D eigenvalue weighted by Crippen LogP contribution is 2.13. The predicted octanol–water partition coefficient (Wildman–Crippen LogP) is 0.152. The molecule has 0 fully saturated rings. The molecule has 0 aliphatic heterocycles. The average Bonchev–Trinajstić information content (AvgIpc) is 2.59. The predicted molar refractivity (Wildman–Crippen MR) is 89.3 cm³/mol. The van der Waals surface area contributed by atoms with Crippen LogP contribution in [-0.4, -0.2) is 46.0 Å². The van der Waals surface area contributed by atoms with Gasteiger partial charge in [0, 0.05) is 13.6 Å². The Hall–Kier alpha value is -2.72. The number of urea groups is 1. The van der Waals surface area contributed by atoms with Crippen LogP contribution in [0.25, 0.3) is 0 Å². The smallest absolute Gasteiger partial charge is 0.338 e. The van der Waals surface area contributed by atoms with E-state index in [1.54, 1.807) is 0 Å². The van der Waals surface area contributed by atoms with Crippen LogP contribution in [0, 0.1) is 0 Å². The number of rotatable bonds is 7. The summed E-state index contributed by atoms with van der Waals surface area (Å²) in [5, 5.41) is 4.15. The van der Waals surface area contributed by atoms with Gasteiger partial charge in [-0.1, -0.05) is 12.1 Å². The van der Waals surface area contributed by atoms with Crippen LogP contribution in [0.3, 0.4) is 0 Å². The molecule has 136 valence electrons. The van der Waals surface area contributed by atoms with Crippen molar-refractivity contribution in [2.45, 2.75) is 17.9 Å². The maximum atomic E-state index is 12.1. The van der Waals surface area contributed by atoms with Crippen LogP contribution in [0.4, 0.5) is 4.79 Å². The molecule has 0 aliphatic rings. The fourth-order valence-corrected chi connectivity index (χ4v) is 2.64. The molecule has 0 aliphatic carbocycles. The Balaban J connectivity index is 2.86. The molecule has 0 radical (unpaired) electrons. The van der Waals surface area contributed by atoms with Gasteiger partial charge < -0.3 is 10.1 Å². The zero-order chi connectivity index (χ0) is 19.0. The molecule has 0 saturated heterocycles. The summed E-state index contributed by atoms with van der Waals surface area (Å²) in [5.74, 6) is -1.72. The van der Waals surface area contributed by atoms with Crippen LogP contribution in [0.2, 0.25) is 0 Å². The summed E-state index contributed by atoms with van der Waals surface area (Å²) in [6.07, 6.45) is 0.131. The quantitative estimate of drug-likeness (QED) is 0.463. The monoisotopic (exact) mass is 369 g/mol. The van der Waals surface area contributed by atoms with Gasteiger partial charge in [-0.2, -0.15) is 0 Å². The van der Waals surface area contributed by atoms with Gasteiger partial charge in [0.05, 0.1) is 10.5 Å². The van der Waals surface area contributed by atoms with Gasteiger partial charge >= 0.3 is 12.0 Å². The van der Waals surface area contributed by atoms with Crippen molar-refractivity contribution in [3.63, 3.8) is 0 Å². The summed E-state index contributed by atoms with van der Waals surface area (Å²) < 4.78 is 31.3. The Bertz CT molecular complexity index is 775. The Morgan fingerprint density at radius 2 is 2.00 bits per heavy atom.